The molecule has 0 spiro atoms. The number of hydrogen-bond donors (Lipinski definition) is 2. The normalized spacial score (nSPS) is 22.7. The van der Waals surface area contributed by atoms with Gasteiger partial charge in [0.15, 0.2) is 0 Å². The lowest BCUT2D eigenvalue weighted by molar-refractivity contribution is 0.365. The summed E-state index contributed by atoms with van der Waals surface area (Å²) in [5, 5.41) is 3.13. The first-order valence-corrected chi connectivity index (χ1v) is 4.86. The van der Waals surface area contributed by atoms with E-state index in [-0.39, 0.29) is 0 Å². The molecule has 3 heteroatoms. The number of nitrogens with one attached hydrogen (secondary N) is 2. The molecule has 0 heterocycles. The van der Waals surface area contributed by atoms with Crippen LogP contribution in [-0.4, -0.2) is 16.4 Å². The van der Waals surface area contributed by atoms with Gasteiger partial charge in [-0.3, -0.25) is 10.5 Å². The molecule has 9 heavy (non-hydrogen) atoms. The monoisotopic (exact) mass is 144 g/mol. The van der Waals surface area contributed by atoms with E-state index >= 15 is 0 Å². The topological polar surface area (TPSA) is 24.1 Å². The van der Waals surface area contributed by atoms with Crippen molar-refractivity contribution in [2.24, 2.45) is 0 Å². The van der Waals surface area contributed by atoms with Crippen LogP contribution in [0, 0.1) is 0 Å². The Morgan fingerprint density at radius 1 is 1.11 bits per heavy atom. The zero-order chi connectivity index (χ0) is 6.53. The van der Waals surface area contributed by atoms with Crippen LogP contribution < -0.4 is 10.5 Å². The van der Waals surface area contributed by atoms with Gasteiger partial charge < -0.3 is 0 Å². The second-order valence-corrected chi connectivity index (χ2v) is 3.23. The van der Waals surface area contributed by atoms with Crippen molar-refractivity contribution in [3.05, 3.63) is 0 Å². The van der Waals surface area contributed by atoms with Gasteiger partial charge in [-0.25, -0.2) is 0 Å². The van der Waals surface area contributed by atoms with E-state index in [9.17, 15) is 0 Å². The molecule has 2 nitrogen and oxygen atoms in total. The zero-order valence-corrected chi connectivity index (χ0v) is 8.11. The first kappa shape index (κ1) is 7.25. The van der Waals surface area contributed by atoms with Crippen LogP contribution >= 0.6 is 0 Å². The third-order valence-corrected chi connectivity index (χ3v) is 2.24. The lowest BCUT2D eigenvalue weighted by atomic mass is 9.96. The minimum absolute atomic E-state index is 0.774. The summed E-state index contributed by atoms with van der Waals surface area (Å²) in [6, 6.07) is 0.774. The Balaban J connectivity index is 2.08. The summed E-state index contributed by atoms with van der Waals surface area (Å²) >= 11 is 0. The van der Waals surface area contributed by atoms with Gasteiger partial charge in [-0.05, 0) is 12.8 Å². The predicted molar refractivity (Wildman–Crippen MR) is 43.1 cm³/mol. The van der Waals surface area contributed by atoms with Gasteiger partial charge in [-0.1, -0.05) is 19.3 Å². The lowest BCUT2D eigenvalue weighted by Crippen LogP contribution is -2.40. The fourth-order valence-corrected chi connectivity index (χ4v) is 1.86. The van der Waals surface area contributed by atoms with Gasteiger partial charge in [-0.2, -0.15) is 0 Å². The fourth-order valence-electron chi connectivity index (χ4n) is 1.45. The highest BCUT2D eigenvalue weighted by molar-refractivity contribution is 6.03. The third-order valence-electron chi connectivity index (χ3n) is 1.95. The standard InChI is InChI=1S/C6H16N2Si/c9-8-7-6-4-2-1-3-5-6/h6-8H,1-5H2,9H3. The van der Waals surface area contributed by atoms with E-state index in [0.717, 1.165) is 16.4 Å². The van der Waals surface area contributed by atoms with E-state index in [1.807, 2.05) is 0 Å². The zero-order valence-electron chi connectivity index (χ0n) is 6.11. The first-order chi connectivity index (χ1) is 4.43. The highest BCUT2D eigenvalue weighted by atomic mass is 28.2. The molecular formula is C6H16N2Si. The second kappa shape index (κ2) is 4.03. The predicted octanol–water partition coefficient (Wildman–Crippen LogP) is -0.306. The van der Waals surface area contributed by atoms with Crippen molar-refractivity contribution in [3.8, 4) is 0 Å². The van der Waals surface area contributed by atoms with Crippen LogP contribution in [0.2, 0.25) is 0 Å². The van der Waals surface area contributed by atoms with Crippen LogP contribution in [0.3, 0.4) is 0 Å². The van der Waals surface area contributed by atoms with E-state index in [1.165, 1.54) is 32.1 Å². The number of hydrazine groups is 1. The molecule has 0 aromatic carbocycles. The quantitative estimate of drug-likeness (QED) is 0.410. The van der Waals surface area contributed by atoms with Gasteiger partial charge in [0.1, 0.15) is 0 Å². The van der Waals surface area contributed by atoms with E-state index in [4.69, 9.17) is 0 Å². The average Bonchev–Trinajstić information content (AvgIpc) is 1.91. The van der Waals surface area contributed by atoms with Crippen molar-refractivity contribution < 1.29 is 0 Å². The summed E-state index contributed by atoms with van der Waals surface area (Å²) in [6.07, 6.45) is 7.02. The Hall–Kier alpha value is 0.137. The Morgan fingerprint density at radius 2 is 1.78 bits per heavy atom. The lowest BCUT2D eigenvalue weighted by Gasteiger charge is -2.21. The average molecular weight is 144 g/mol. The van der Waals surface area contributed by atoms with Crippen LogP contribution in [0.1, 0.15) is 32.1 Å². The van der Waals surface area contributed by atoms with Gasteiger partial charge in [0.2, 0.25) is 0 Å². The molecule has 1 aliphatic rings. The molecule has 54 valence electrons. The second-order valence-electron chi connectivity index (χ2n) is 2.73. The molecule has 0 bridgehead atoms. The Kier molecular flexibility index (Phi) is 3.25. The van der Waals surface area contributed by atoms with Gasteiger partial charge >= 0.3 is 0 Å². The molecule has 2 N–H and O–H groups in total. The van der Waals surface area contributed by atoms with Crippen LogP contribution in [-0.2, 0) is 0 Å². The maximum Gasteiger partial charge on any atom is 0.0942 e. The SMILES string of the molecule is [SiH3]NNC1CCCCC1. The fraction of sp³-hybridized carbons (Fsp3) is 1.00. The maximum absolute atomic E-state index is 3.30. The summed E-state index contributed by atoms with van der Waals surface area (Å²) in [7, 11) is 1.06. The van der Waals surface area contributed by atoms with Crippen LogP contribution in [0.25, 0.3) is 0 Å². The van der Waals surface area contributed by atoms with Crippen molar-refractivity contribution >= 4 is 10.4 Å². The molecular weight excluding hydrogens is 128 g/mol. The van der Waals surface area contributed by atoms with Crippen molar-refractivity contribution in [2.75, 3.05) is 0 Å². The molecule has 0 unspecified atom stereocenters. The van der Waals surface area contributed by atoms with Crippen LogP contribution in [0.15, 0.2) is 0 Å². The van der Waals surface area contributed by atoms with Gasteiger partial charge in [0.05, 0.1) is 10.4 Å². The van der Waals surface area contributed by atoms with Crippen molar-refractivity contribution in [3.63, 3.8) is 0 Å². The Labute approximate surface area is 59.9 Å². The molecule has 0 aliphatic heterocycles. The summed E-state index contributed by atoms with van der Waals surface area (Å²) in [6.45, 7) is 0. The molecule has 0 radical (unpaired) electrons. The largest absolute Gasteiger partial charge is 0.290 e. The van der Waals surface area contributed by atoms with Crippen LogP contribution in [0.4, 0.5) is 0 Å². The maximum atomic E-state index is 3.30. The van der Waals surface area contributed by atoms with E-state index in [1.54, 1.807) is 0 Å². The van der Waals surface area contributed by atoms with Crippen molar-refractivity contribution in [1.29, 1.82) is 0 Å². The highest BCUT2D eigenvalue weighted by Gasteiger charge is 2.10. The van der Waals surface area contributed by atoms with E-state index in [2.05, 4.69) is 10.5 Å². The highest BCUT2D eigenvalue weighted by Crippen LogP contribution is 2.16. The van der Waals surface area contributed by atoms with E-state index < -0.39 is 0 Å². The third kappa shape index (κ3) is 2.47. The number of hydrogen-bond acceptors (Lipinski definition) is 2. The molecule has 0 aromatic heterocycles. The Morgan fingerprint density at radius 3 is 2.33 bits per heavy atom. The molecule has 0 amide bonds. The smallest absolute Gasteiger partial charge is 0.0942 e. The van der Waals surface area contributed by atoms with Crippen molar-refractivity contribution in [2.45, 2.75) is 38.1 Å². The summed E-state index contributed by atoms with van der Waals surface area (Å²) in [5.74, 6) is 0. The van der Waals surface area contributed by atoms with Gasteiger partial charge in [0, 0.05) is 6.04 Å². The van der Waals surface area contributed by atoms with Gasteiger partial charge in [0.25, 0.3) is 0 Å². The minimum Gasteiger partial charge on any atom is -0.290 e. The molecule has 0 saturated heterocycles. The molecule has 1 fully saturated rings. The minimum atomic E-state index is 0.774. The summed E-state index contributed by atoms with van der Waals surface area (Å²) in [5.41, 5.74) is 3.30. The molecule has 0 atom stereocenters. The molecule has 1 aliphatic carbocycles. The molecule has 1 saturated carbocycles. The van der Waals surface area contributed by atoms with Gasteiger partial charge in [-0.15, -0.1) is 0 Å². The summed E-state index contributed by atoms with van der Waals surface area (Å²) < 4.78 is 0. The van der Waals surface area contributed by atoms with Crippen LogP contribution in [0.5, 0.6) is 0 Å². The van der Waals surface area contributed by atoms with E-state index in [0.29, 0.717) is 0 Å². The number of rotatable bonds is 2. The molecule has 0 aromatic rings. The first-order valence-electron chi connectivity index (χ1n) is 3.86. The summed E-state index contributed by atoms with van der Waals surface area (Å²) in [4.78, 5) is 0. The Bertz CT molecular complexity index is 68.7. The van der Waals surface area contributed by atoms with Crippen molar-refractivity contribution in [1.82, 2.24) is 10.5 Å². The molecule has 1 rings (SSSR count).